The molecule has 0 spiro atoms. The van der Waals surface area contributed by atoms with Crippen LogP contribution >= 0.6 is 0 Å². The molecular formula is C13H22N2O5. The van der Waals surface area contributed by atoms with Crippen LogP contribution in [0.25, 0.3) is 0 Å². The first-order valence-electron chi connectivity index (χ1n) is 6.94. The summed E-state index contributed by atoms with van der Waals surface area (Å²) >= 11 is 0. The highest BCUT2D eigenvalue weighted by atomic mass is 16.5. The summed E-state index contributed by atoms with van der Waals surface area (Å²) in [5, 5.41) is 12.0. The van der Waals surface area contributed by atoms with Crippen LogP contribution in [0.4, 0.5) is 4.79 Å². The second-order valence-corrected chi connectivity index (χ2v) is 5.53. The maximum absolute atomic E-state index is 12.3. The minimum atomic E-state index is -1.27. The monoisotopic (exact) mass is 286 g/mol. The number of nitrogens with one attached hydrogen (secondary N) is 1. The van der Waals surface area contributed by atoms with Crippen molar-refractivity contribution >= 4 is 12.0 Å². The predicted molar refractivity (Wildman–Crippen MR) is 70.5 cm³/mol. The molecule has 114 valence electrons. The smallest absolute Gasteiger partial charge is 0.332 e. The van der Waals surface area contributed by atoms with Gasteiger partial charge in [-0.05, 0) is 12.8 Å². The highest BCUT2D eigenvalue weighted by molar-refractivity contribution is 5.86. The number of ether oxygens (including phenoxy) is 2. The van der Waals surface area contributed by atoms with Crippen LogP contribution in [0, 0.1) is 5.92 Å². The summed E-state index contributed by atoms with van der Waals surface area (Å²) in [6, 6.07) is -0.321. The third-order valence-corrected chi connectivity index (χ3v) is 3.99. The number of carbonyl (C=O) groups is 2. The molecule has 0 aromatic carbocycles. The van der Waals surface area contributed by atoms with Gasteiger partial charge in [-0.15, -0.1) is 0 Å². The molecule has 0 bridgehead atoms. The fourth-order valence-corrected chi connectivity index (χ4v) is 2.79. The van der Waals surface area contributed by atoms with Gasteiger partial charge in [0.15, 0.2) is 5.54 Å². The molecule has 20 heavy (non-hydrogen) atoms. The molecule has 7 nitrogen and oxygen atoms in total. The quantitative estimate of drug-likeness (QED) is 0.776. The molecule has 2 unspecified atom stereocenters. The van der Waals surface area contributed by atoms with Gasteiger partial charge in [-0.1, -0.05) is 0 Å². The second-order valence-electron chi connectivity index (χ2n) is 5.53. The van der Waals surface area contributed by atoms with Crippen LogP contribution in [0.15, 0.2) is 0 Å². The molecule has 2 aliphatic heterocycles. The molecule has 2 heterocycles. The van der Waals surface area contributed by atoms with E-state index in [4.69, 9.17) is 9.47 Å². The number of amides is 2. The largest absolute Gasteiger partial charge is 0.479 e. The number of hydrogen-bond donors (Lipinski definition) is 2. The number of hydrogen-bond acceptors (Lipinski definition) is 4. The number of carboxylic acid groups (broad SMARTS) is 1. The van der Waals surface area contributed by atoms with E-state index in [1.54, 1.807) is 12.0 Å². The first-order valence-corrected chi connectivity index (χ1v) is 6.94. The first kappa shape index (κ1) is 15.1. The lowest BCUT2D eigenvalue weighted by molar-refractivity contribution is -0.144. The molecule has 2 aliphatic rings. The molecule has 2 N–H and O–H groups in total. The Hall–Kier alpha value is -1.34. The van der Waals surface area contributed by atoms with E-state index in [-0.39, 0.29) is 12.6 Å². The summed E-state index contributed by atoms with van der Waals surface area (Å²) < 4.78 is 10.3. The van der Waals surface area contributed by atoms with Crippen molar-refractivity contribution < 1.29 is 24.2 Å². The van der Waals surface area contributed by atoms with Crippen LogP contribution in [0.2, 0.25) is 0 Å². The van der Waals surface area contributed by atoms with Gasteiger partial charge < -0.3 is 24.8 Å². The minimum absolute atomic E-state index is 0.0312. The molecule has 0 saturated carbocycles. The Morgan fingerprint density at radius 2 is 2.35 bits per heavy atom. The van der Waals surface area contributed by atoms with Crippen LogP contribution in [-0.2, 0) is 14.3 Å². The van der Waals surface area contributed by atoms with Crippen molar-refractivity contribution in [3.63, 3.8) is 0 Å². The lowest BCUT2D eigenvalue weighted by atomic mass is 9.98. The number of methoxy groups -OCH3 is 1. The van der Waals surface area contributed by atoms with E-state index < -0.39 is 11.5 Å². The summed E-state index contributed by atoms with van der Waals surface area (Å²) in [5.74, 6) is -0.714. The zero-order valence-corrected chi connectivity index (χ0v) is 11.8. The maximum atomic E-state index is 12.3. The van der Waals surface area contributed by atoms with Gasteiger partial charge in [0.25, 0.3) is 0 Å². The zero-order valence-electron chi connectivity index (χ0n) is 11.8. The predicted octanol–water partition coefficient (Wildman–Crippen LogP) is 0.298. The Kier molecular flexibility index (Phi) is 4.82. The fraction of sp³-hybridized carbons (Fsp3) is 0.846. The highest BCUT2D eigenvalue weighted by Crippen LogP contribution is 2.21. The summed E-state index contributed by atoms with van der Waals surface area (Å²) in [5.41, 5.74) is -1.27. The third-order valence-electron chi connectivity index (χ3n) is 3.99. The average Bonchev–Trinajstić information content (AvgIpc) is 2.89. The number of rotatable bonds is 4. The van der Waals surface area contributed by atoms with E-state index in [1.807, 2.05) is 0 Å². The van der Waals surface area contributed by atoms with Gasteiger partial charge >= 0.3 is 12.0 Å². The molecule has 0 aromatic heterocycles. The fourth-order valence-electron chi connectivity index (χ4n) is 2.79. The molecule has 2 atom stereocenters. The van der Waals surface area contributed by atoms with E-state index in [0.29, 0.717) is 38.6 Å². The molecule has 2 fully saturated rings. The van der Waals surface area contributed by atoms with Crippen LogP contribution in [0.3, 0.4) is 0 Å². The van der Waals surface area contributed by atoms with Crippen molar-refractivity contribution in [2.45, 2.75) is 24.8 Å². The zero-order chi connectivity index (χ0) is 14.6. The van der Waals surface area contributed by atoms with E-state index >= 15 is 0 Å². The topological polar surface area (TPSA) is 88.1 Å². The Balaban J connectivity index is 1.95. The van der Waals surface area contributed by atoms with Gasteiger partial charge in [0.1, 0.15) is 0 Å². The normalized spacial score (nSPS) is 30.2. The number of piperidine rings is 1. The van der Waals surface area contributed by atoms with Crippen molar-refractivity contribution in [1.82, 2.24) is 10.2 Å². The van der Waals surface area contributed by atoms with Gasteiger partial charge in [-0.3, -0.25) is 0 Å². The molecule has 7 heteroatoms. The van der Waals surface area contributed by atoms with Crippen LogP contribution in [0.5, 0.6) is 0 Å². The Morgan fingerprint density at radius 1 is 1.55 bits per heavy atom. The molecule has 2 amide bonds. The summed E-state index contributed by atoms with van der Waals surface area (Å²) in [6.07, 6.45) is 2.26. The Bertz CT molecular complexity index is 366. The van der Waals surface area contributed by atoms with Crippen molar-refractivity contribution in [3.8, 4) is 0 Å². The molecule has 0 aromatic rings. The SMILES string of the molecule is COCC1CCCN(C(=O)NC2(C(=O)O)CCOC2)C1. The maximum Gasteiger partial charge on any atom is 0.332 e. The van der Waals surface area contributed by atoms with Crippen molar-refractivity contribution in [2.75, 3.05) is 40.0 Å². The summed E-state index contributed by atoms with van der Waals surface area (Å²) in [7, 11) is 1.65. The number of carbonyl (C=O) groups excluding carboxylic acids is 1. The van der Waals surface area contributed by atoms with Gasteiger partial charge in [0, 0.05) is 39.1 Å². The van der Waals surface area contributed by atoms with E-state index in [9.17, 15) is 14.7 Å². The standard InChI is InChI=1S/C13H22N2O5/c1-19-8-10-3-2-5-15(7-10)12(18)14-13(11(16)17)4-6-20-9-13/h10H,2-9H2,1H3,(H,14,18)(H,16,17). The first-order chi connectivity index (χ1) is 9.57. The lowest BCUT2D eigenvalue weighted by Crippen LogP contribution is -2.59. The van der Waals surface area contributed by atoms with Gasteiger partial charge in [-0.25, -0.2) is 9.59 Å². The van der Waals surface area contributed by atoms with Crippen molar-refractivity contribution in [3.05, 3.63) is 0 Å². The molecular weight excluding hydrogens is 264 g/mol. The molecule has 0 radical (unpaired) electrons. The van der Waals surface area contributed by atoms with Gasteiger partial charge in [-0.2, -0.15) is 0 Å². The molecule has 2 saturated heterocycles. The van der Waals surface area contributed by atoms with Gasteiger partial charge in [0.05, 0.1) is 13.2 Å². The molecule has 2 rings (SSSR count). The second kappa shape index (κ2) is 6.41. The lowest BCUT2D eigenvalue weighted by Gasteiger charge is -2.35. The van der Waals surface area contributed by atoms with Crippen LogP contribution in [0.1, 0.15) is 19.3 Å². The van der Waals surface area contributed by atoms with Crippen LogP contribution in [-0.4, -0.2) is 67.6 Å². The third kappa shape index (κ3) is 3.21. The van der Waals surface area contributed by atoms with Crippen molar-refractivity contribution in [1.29, 1.82) is 0 Å². The van der Waals surface area contributed by atoms with E-state index in [2.05, 4.69) is 5.32 Å². The van der Waals surface area contributed by atoms with E-state index in [0.717, 1.165) is 12.8 Å². The number of carboxylic acids is 1. The van der Waals surface area contributed by atoms with Crippen LogP contribution < -0.4 is 5.32 Å². The number of urea groups is 1. The summed E-state index contributed by atoms with van der Waals surface area (Å²) in [6.45, 7) is 2.28. The number of aliphatic carboxylic acids is 1. The number of nitrogens with zero attached hydrogens (tertiary/aromatic N) is 1. The highest BCUT2D eigenvalue weighted by Gasteiger charge is 2.45. The Morgan fingerprint density at radius 3 is 2.95 bits per heavy atom. The van der Waals surface area contributed by atoms with Gasteiger partial charge in [0.2, 0.25) is 0 Å². The average molecular weight is 286 g/mol. The van der Waals surface area contributed by atoms with E-state index in [1.165, 1.54) is 0 Å². The minimum Gasteiger partial charge on any atom is -0.479 e. The molecule has 0 aliphatic carbocycles. The summed E-state index contributed by atoms with van der Waals surface area (Å²) in [4.78, 5) is 25.3. The number of likely N-dealkylation sites (tertiary alicyclic amines) is 1. The Labute approximate surface area is 118 Å². The van der Waals surface area contributed by atoms with Crippen molar-refractivity contribution in [2.24, 2.45) is 5.92 Å².